The van der Waals surface area contributed by atoms with Crippen LogP contribution >= 0.6 is 0 Å². The van der Waals surface area contributed by atoms with Gasteiger partial charge in [-0.2, -0.15) is 0 Å². The summed E-state index contributed by atoms with van der Waals surface area (Å²) in [6.07, 6.45) is -22.1. The molecule has 5 unspecified atom stereocenters. The highest BCUT2D eigenvalue weighted by Gasteiger charge is 2.53. The zero-order valence-electron chi connectivity index (χ0n) is 26.1. The van der Waals surface area contributed by atoms with Gasteiger partial charge in [-0.1, -0.05) is 0 Å². The van der Waals surface area contributed by atoms with Crippen molar-refractivity contribution in [1.82, 2.24) is 0 Å². The molecule has 3 aromatic rings. The number of hydrogen-bond acceptors (Lipinski definition) is 20. The quantitative estimate of drug-likeness (QED) is 0.0946. The van der Waals surface area contributed by atoms with Crippen LogP contribution in [0.25, 0.3) is 22.3 Å². The van der Waals surface area contributed by atoms with Crippen LogP contribution in [-0.4, -0.2) is 161 Å². The topological polar surface area (TPSA) is 328 Å². The molecule has 280 valence electrons. The van der Waals surface area contributed by atoms with Gasteiger partial charge in [-0.25, -0.2) is 0 Å². The van der Waals surface area contributed by atoms with E-state index in [1.165, 1.54) is 6.07 Å². The molecule has 0 saturated carbocycles. The van der Waals surface area contributed by atoms with Crippen molar-refractivity contribution in [3.05, 3.63) is 40.6 Å². The third-order valence-electron chi connectivity index (χ3n) is 8.72. The molecule has 20 heteroatoms. The van der Waals surface area contributed by atoms with Gasteiger partial charge in [0, 0.05) is 17.7 Å². The number of ether oxygens (including phenoxy) is 6. The molecule has 6 rings (SSSR count). The van der Waals surface area contributed by atoms with Crippen LogP contribution in [0, 0.1) is 0 Å². The summed E-state index contributed by atoms with van der Waals surface area (Å²) >= 11 is 0. The smallest absolute Gasteiger partial charge is 0.239 e. The van der Waals surface area contributed by atoms with Crippen LogP contribution in [0.2, 0.25) is 0 Å². The Bertz CT molecular complexity index is 1760. The number of phenols is 4. The first-order chi connectivity index (χ1) is 24.2. The Morgan fingerprint density at radius 2 is 1.35 bits per heavy atom. The number of aliphatic hydroxyl groups excluding tert-OH is 8. The lowest BCUT2D eigenvalue weighted by Crippen LogP contribution is -2.62. The number of rotatable bonds is 9. The molecule has 1 aromatic heterocycles. The first-order valence-electron chi connectivity index (χ1n) is 15.5. The molecule has 0 spiro atoms. The summed E-state index contributed by atoms with van der Waals surface area (Å²) in [4.78, 5) is 13.7. The van der Waals surface area contributed by atoms with Crippen LogP contribution in [0.5, 0.6) is 28.7 Å². The molecular formula is C31H36O20. The summed E-state index contributed by atoms with van der Waals surface area (Å²) in [6, 6.07) is 5.13. The molecular weight excluding hydrogens is 692 g/mol. The van der Waals surface area contributed by atoms with Crippen molar-refractivity contribution in [2.45, 2.75) is 79.9 Å². The lowest BCUT2D eigenvalue weighted by molar-refractivity contribution is -0.333. The first-order valence-corrected chi connectivity index (χ1v) is 15.5. The standard InChI is InChI=1S/C31H36O20/c32-6-16-20(40)28(51-29-23(43)19(39)14(38)8-45-29)31(47-16)49-26-17(7-33)48-30(24(44)22(26)42)50-27-21(41)18-13(37)4-10(34)5-15(18)46-25(27)9-1-2-11(35)12(36)3-9/h1-5,14,16-17,19-20,22-24,26,28-40,42-44H,6-8H2/t14-,16-,17?,19?,20+,22?,23?,24+,26+,28?,29-,30-,31-/m0/s1. The average molecular weight is 729 g/mol. The number of hydrogen-bond donors (Lipinski definition) is 12. The summed E-state index contributed by atoms with van der Waals surface area (Å²) in [6.45, 7) is -2.13. The zero-order valence-corrected chi connectivity index (χ0v) is 26.1. The predicted octanol–water partition coefficient (Wildman–Crippen LogP) is -3.61. The van der Waals surface area contributed by atoms with E-state index in [4.69, 9.17) is 32.8 Å². The third-order valence-corrected chi connectivity index (χ3v) is 8.72. The maximum atomic E-state index is 13.7. The van der Waals surface area contributed by atoms with Gasteiger partial charge in [0.1, 0.15) is 83.5 Å². The Kier molecular flexibility index (Phi) is 10.6. The highest BCUT2D eigenvalue weighted by atomic mass is 16.8. The van der Waals surface area contributed by atoms with Gasteiger partial charge in [0.15, 0.2) is 29.8 Å². The van der Waals surface area contributed by atoms with Crippen LogP contribution < -0.4 is 10.2 Å². The Morgan fingerprint density at radius 3 is 2.04 bits per heavy atom. The summed E-state index contributed by atoms with van der Waals surface area (Å²) in [7, 11) is 0. The molecule has 0 radical (unpaired) electrons. The lowest BCUT2D eigenvalue weighted by Gasteiger charge is -2.43. The van der Waals surface area contributed by atoms with Crippen LogP contribution in [-0.2, 0) is 23.7 Å². The molecule has 3 saturated heterocycles. The van der Waals surface area contributed by atoms with Crippen LogP contribution in [0.1, 0.15) is 0 Å². The van der Waals surface area contributed by atoms with Crippen molar-refractivity contribution in [2.24, 2.45) is 0 Å². The van der Waals surface area contributed by atoms with Crippen molar-refractivity contribution >= 4 is 11.0 Å². The maximum Gasteiger partial charge on any atom is 0.239 e. The SMILES string of the molecule is O=c1c(O[C@@H]2OC(CO)[C@@H](O[C@@H]3O[C@@H](CO)[C@@H](O)C3O[C@@H]3OC[C@H](O)C(O)C3O)C(O)[C@H]2O)c(-c2ccc(O)c(O)c2)oc2cc(O)cc(O)c12. The van der Waals surface area contributed by atoms with E-state index < -0.39 is 145 Å². The molecule has 20 nitrogen and oxygen atoms in total. The first kappa shape index (κ1) is 36.9. The third kappa shape index (κ3) is 6.90. The Balaban J connectivity index is 1.28. The zero-order chi connectivity index (χ0) is 36.9. The average Bonchev–Trinajstić information content (AvgIpc) is 3.39. The van der Waals surface area contributed by atoms with E-state index in [0.717, 1.165) is 24.3 Å². The monoisotopic (exact) mass is 728 g/mol. The Labute approximate surface area is 285 Å². The molecule has 2 aromatic carbocycles. The lowest BCUT2D eigenvalue weighted by atomic mass is 9.98. The van der Waals surface area contributed by atoms with Crippen LogP contribution in [0.15, 0.2) is 39.5 Å². The normalized spacial score (nSPS) is 35.6. The van der Waals surface area contributed by atoms with E-state index in [-0.39, 0.29) is 11.1 Å². The van der Waals surface area contributed by atoms with Gasteiger partial charge in [-0.05, 0) is 18.2 Å². The van der Waals surface area contributed by atoms with Gasteiger partial charge in [0.25, 0.3) is 0 Å². The molecule has 3 fully saturated rings. The molecule has 51 heavy (non-hydrogen) atoms. The number of aromatic hydroxyl groups is 4. The fraction of sp³-hybridized carbons (Fsp3) is 0.516. The largest absolute Gasteiger partial charge is 0.508 e. The molecule has 0 aliphatic carbocycles. The molecule has 3 aliphatic heterocycles. The summed E-state index contributed by atoms with van der Waals surface area (Å²) in [5.41, 5.74) is -1.45. The second-order valence-electron chi connectivity index (χ2n) is 12.1. The van der Waals surface area contributed by atoms with Crippen LogP contribution in [0.3, 0.4) is 0 Å². The van der Waals surface area contributed by atoms with Crippen molar-refractivity contribution in [3.63, 3.8) is 0 Å². The van der Waals surface area contributed by atoms with Gasteiger partial charge in [0.2, 0.25) is 17.5 Å². The Morgan fingerprint density at radius 1 is 0.686 bits per heavy atom. The Hall–Kier alpha value is -3.87. The minimum absolute atomic E-state index is 0.0663. The fourth-order valence-electron chi connectivity index (χ4n) is 5.98. The second-order valence-corrected chi connectivity index (χ2v) is 12.1. The molecule has 0 bridgehead atoms. The van der Waals surface area contributed by atoms with Crippen molar-refractivity contribution in [2.75, 3.05) is 19.8 Å². The number of fused-ring (bicyclic) bond motifs is 1. The van der Waals surface area contributed by atoms with Gasteiger partial charge in [-0.15, -0.1) is 0 Å². The predicted molar refractivity (Wildman–Crippen MR) is 162 cm³/mol. The van der Waals surface area contributed by atoms with E-state index in [0.29, 0.717) is 0 Å². The number of phenolic OH excluding ortho intramolecular Hbond substituents is 4. The van der Waals surface area contributed by atoms with Gasteiger partial charge in [0.05, 0.1) is 19.8 Å². The minimum Gasteiger partial charge on any atom is -0.508 e. The summed E-state index contributed by atoms with van der Waals surface area (Å²) in [5.74, 6) is -3.53. The summed E-state index contributed by atoms with van der Waals surface area (Å²) < 4.78 is 39.3. The summed E-state index contributed by atoms with van der Waals surface area (Å²) in [5, 5.41) is 123. The fourth-order valence-corrected chi connectivity index (χ4v) is 5.98. The van der Waals surface area contributed by atoms with Crippen molar-refractivity contribution < 1.29 is 94.1 Å². The van der Waals surface area contributed by atoms with Crippen molar-refractivity contribution in [1.29, 1.82) is 0 Å². The number of benzene rings is 2. The van der Waals surface area contributed by atoms with Crippen molar-refractivity contribution in [3.8, 4) is 40.1 Å². The highest BCUT2D eigenvalue weighted by molar-refractivity contribution is 5.88. The van der Waals surface area contributed by atoms with E-state index in [9.17, 15) is 66.1 Å². The molecule has 4 heterocycles. The van der Waals surface area contributed by atoms with E-state index in [2.05, 4.69) is 0 Å². The molecule has 13 atom stereocenters. The molecule has 12 N–H and O–H groups in total. The van der Waals surface area contributed by atoms with Gasteiger partial charge < -0.3 is 94.1 Å². The minimum atomic E-state index is -2.08. The maximum absolute atomic E-state index is 13.7. The van der Waals surface area contributed by atoms with Gasteiger partial charge >= 0.3 is 0 Å². The second kappa shape index (κ2) is 14.6. The van der Waals surface area contributed by atoms with E-state index in [1.807, 2.05) is 0 Å². The van der Waals surface area contributed by atoms with Crippen LogP contribution in [0.4, 0.5) is 0 Å². The molecule has 3 aliphatic rings. The molecule has 0 amide bonds. The van der Waals surface area contributed by atoms with Gasteiger partial charge in [-0.3, -0.25) is 4.79 Å². The highest BCUT2D eigenvalue weighted by Crippen LogP contribution is 2.40. The van der Waals surface area contributed by atoms with E-state index in [1.54, 1.807) is 0 Å². The number of aliphatic hydroxyl groups is 8. The van der Waals surface area contributed by atoms with E-state index >= 15 is 0 Å².